The molecule has 0 N–H and O–H groups in total. The van der Waals surface area contributed by atoms with E-state index in [9.17, 15) is 4.39 Å². The second-order valence-corrected chi connectivity index (χ2v) is 17.0. The van der Waals surface area contributed by atoms with Gasteiger partial charge in [0, 0.05) is 33.3 Å². The zero-order valence-corrected chi connectivity index (χ0v) is 36.6. The van der Waals surface area contributed by atoms with Crippen molar-refractivity contribution >= 4 is 49.6 Å². The summed E-state index contributed by atoms with van der Waals surface area (Å²) < 4.78 is 17.4. The number of rotatable bonds is 9. The van der Waals surface area contributed by atoms with Crippen LogP contribution in [0.25, 0.3) is 93.9 Å². The van der Waals surface area contributed by atoms with E-state index in [4.69, 9.17) is 0 Å². The highest BCUT2D eigenvalue weighted by molar-refractivity contribution is 6.17. The van der Waals surface area contributed by atoms with Crippen molar-refractivity contribution < 1.29 is 4.39 Å². The summed E-state index contributed by atoms with van der Waals surface area (Å²) >= 11 is 0. The van der Waals surface area contributed by atoms with Crippen LogP contribution in [0.15, 0.2) is 261 Å². The lowest BCUT2D eigenvalue weighted by Crippen LogP contribution is -2.13. The smallest absolute Gasteiger partial charge is 0.123 e. The van der Waals surface area contributed by atoms with Crippen LogP contribution in [0.5, 0.6) is 0 Å². The van der Waals surface area contributed by atoms with Crippen LogP contribution in [0.3, 0.4) is 0 Å². The van der Waals surface area contributed by atoms with Gasteiger partial charge in [0.1, 0.15) is 5.82 Å². The molecule has 0 bridgehead atoms. The summed E-state index contributed by atoms with van der Waals surface area (Å²) in [7, 11) is 0. The van der Waals surface area contributed by atoms with Crippen LogP contribution < -0.4 is 4.90 Å². The second-order valence-electron chi connectivity index (χ2n) is 17.0. The Morgan fingerprint density at radius 3 is 1.43 bits per heavy atom. The van der Waals surface area contributed by atoms with Crippen LogP contribution in [0, 0.1) is 5.82 Å². The van der Waals surface area contributed by atoms with Crippen LogP contribution >= 0.6 is 0 Å². The molecule has 67 heavy (non-hydrogen) atoms. The van der Waals surface area contributed by atoms with E-state index in [1.807, 2.05) is 6.07 Å². The highest BCUT2D eigenvalue weighted by atomic mass is 19.1. The minimum absolute atomic E-state index is 0.260. The summed E-state index contributed by atoms with van der Waals surface area (Å²) in [5.74, 6) is -0.260. The molecule has 1 aromatic heterocycles. The first-order valence-corrected chi connectivity index (χ1v) is 22.8. The Morgan fingerprint density at radius 2 is 0.791 bits per heavy atom. The monoisotopic (exact) mass is 858 g/mol. The Labute approximate surface area is 389 Å². The third-order valence-electron chi connectivity index (χ3n) is 13.0. The van der Waals surface area contributed by atoms with E-state index >= 15 is 0 Å². The fourth-order valence-corrected chi connectivity index (χ4v) is 10.1. The number of halogens is 1. The molecule has 0 radical (unpaired) electrons. The predicted molar refractivity (Wildman–Crippen MR) is 280 cm³/mol. The first-order valence-electron chi connectivity index (χ1n) is 22.8. The van der Waals surface area contributed by atoms with Crippen LogP contribution in [-0.4, -0.2) is 4.57 Å². The molecule has 0 saturated carbocycles. The lowest BCUT2D eigenvalue weighted by atomic mass is 9.90. The van der Waals surface area contributed by atoms with Crippen molar-refractivity contribution in [2.24, 2.45) is 0 Å². The minimum Gasteiger partial charge on any atom is -0.309 e. The van der Waals surface area contributed by atoms with Crippen LogP contribution in [-0.2, 0) is 0 Å². The first kappa shape index (κ1) is 39.8. The summed E-state index contributed by atoms with van der Waals surface area (Å²) in [5, 5.41) is 4.54. The van der Waals surface area contributed by atoms with E-state index in [2.05, 4.69) is 246 Å². The first-order chi connectivity index (χ1) is 33.2. The van der Waals surface area contributed by atoms with Gasteiger partial charge >= 0.3 is 0 Å². The Kier molecular flexibility index (Phi) is 10.1. The standard InChI is InChI=1S/C64H43FN2/c65-50-27-16-26-47(41-50)53-33-17-24-46-25-18-34-56(63(46)53)54-30-10-13-36-59(54)67(52-42-48(44-20-4-1-5-21-44)40-49(43-52)45-22-6-2-7-23-45)60-37-14-11-31-55(60)57-35-19-39-62-64(57)58-32-12-15-38-61(58)66(62)51-28-8-3-9-29-51/h1-43H. The Morgan fingerprint density at radius 1 is 0.313 bits per heavy atom. The Hall–Kier alpha value is -8.79. The number of para-hydroxylation sites is 4. The van der Waals surface area contributed by atoms with Gasteiger partial charge in [0.05, 0.1) is 22.4 Å². The third kappa shape index (κ3) is 7.15. The molecule has 0 aliphatic heterocycles. The van der Waals surface area contributed by atoms with Gasteiger partial charge in [-0.3, -0.25) is 0 Å². The largest absolute Gasteiger partial charge is 0.309 e. The maximum atomic E-state index is 15.0. The molecule has 0 fully saturated rings. The summed E-state index contributed by atoms with van der Waals surface area (Å²) in [5.41, 5.74) is 17.2. The highest BCUT2D eigenvalue weighted by Crippen LogP contribution is 2.50. The van der Waals surface area contributed by atoms with Crippen molar-refractivity contribution in [3.8, 4) is 61.3 Å². The molecule has 0 aliphatic carbocycles. The molecule has 0 aliphatic rings. The van der Waals surface area contributed by atoms with Crippen molar-refractivity contribution in [3.63, 3.8) is 0 Å². The summed E-state index contributed by atoms with van der Waals surface area (Å²) in [4.78, 5) is 2.46. The fourth-order valence-electron chi connectivity index (χ4n) is 10.1. The highest BCUT2D eigenvalue weighted by Gasteiger charge is 2.25. The van der Waals surface area contributed by atoms with Gasteiger partial charge in [-0.2, -0.15) is 0 Å². The van der Waals surface area contributed by atoms with E-state index < -0.39 is 0 Å². The molecule has 11 aromatic carbocycles. The van der Waals surface area contributed by atoms with Crippen LogP contribution in [0.2, 0.25) is 0 Å². The van der Waals surface area contributed by atoms with Gasteiger partial charge in [0.2, 0.25) is 0 Å². The van der Waals surface area contributed by atoms with Crippen molar-refractivity contribution in [3.05, 3.63) is 267 Å². The van der Waals surface area contributed by atoms with Crippen LogP contribution in [0.4, 0.5) is 21.5 Å². The fraction of sp³-hybridized carbons (Fsp3) is 0. The molecule has 2 nitrogen and oxygen atoms in total. The van der Waals surface area contributed by atoms with Crippen molar-refractivity contribution in [1.29, 1.82) is 0 Å². The molecular weight excluding hydrogens is 816 g/mol. The van der Waals surface area contributed by atoms with Crippen LogP contribution in [0.1, 0.15) is 0 Å². The normalized spacial score (nSPS) is 11.4. The Bertz CT molecular complexity index is 3700. The number of nitrogens with zero attached hydrogens (tertiary/aromatic N) is 2. The molecule has 0 amide bonds. The number of hydrogen-bond acceptors (Lipinski definition) is 1. The van der Waals surface area contributed by atoms with Crippen molar-refractivity contribution in [1.82, 2.24) is 4.57 Å². The number of anilines is 3. The van der Waals surface area contributed by atoms with Gasteiger partial charge in [-0.15, -0.1) is 0 Å². The predicted octanol–water partition coefficient (Wildman–Crippen LogP) is 17.9. The maximum absolute atomic E-state index is 15.0. The van der Waals surface area contributed by atoms with E-state index in [1.54, 1.807) is 12.1 Å². The van der Waals surface area contributed by atoms with E-state index in [0.29, 0.717) is 0 Å². The molecule has 12 aromatic rings. The van der Waals surface area contributed by atoms with Gasteiger partial charge in [-0.1, -0.05) is 194 Å². The van der Waals surface area contributed by atoms with E-state index in [0.717, 1.165) is 100 Å². The lowest BCUT2D eigenvalue weighted by molar-refractivity contribution is 0.628. The summed E-state index contributed by atoms with van der Waals surface area (Å²) in [6.07, 6.45) is 0. The zero-order valence-electron chi connectivity index (χ0n) is 36.6. The third-order valence-corrected chi connectivity index (χ3v) is 13.0. The van der Waals surface area contributed by atoms with Gasteiger partial charge in [0.25, 0.3) is 0 Å². The molecular formula is C64H43FN2. The second kappa shape index (κ2) is 17.0. The van der Waals surface area contributed by atoms with Gasteiger partial charge < -0.3 is 9.47 Å². The molecule has 0 spiro atoms. The Balaban J connectivity index is 1.17. The maximum Gasteiger partial charge on any atom is 0.123 e. The topological polar surface area (TPSA) is 8.17 Å². The zero-order chi connectivity index (χ0) is 44.7. The van der Waals surface area contributed by atoms with Crippen molar-refractivity contribution in [2.75, 3.05) is 4.90 Å². The average molecular weight is 859 g/mol. The summed E-state index contributed by atoms with van der Waals surface area (Å²) in [6, 6.07) is 91.7. The molecule has 0 atom stereocenters. The molecule has 316 valence electrons. The molecule has 0 unspecified atom stereocenters. The van der Waals surface area contributed by atoms with Gasteiger partial charge in [0.15, 0.2) is 0 Å². The summed E-state index contributed by atoms with van der Waals surface area (Å²) in [6.45, 7) is 0. The van der Waals surface area contributed by atoms with Crippen molar-refractivity contribution in [2.45, 2.75) is 0 Å². The molecule has 12 rings (SSSR count). The average Bonchev–Trinajstić information content (AvgIpc) is 3.74. The lowest BCUT2D eigenvalue weighted by Gasteiger charge is -2.31. The minimum atomic E-state index is -0.260. The number of benzene rings is 11. The number of aromatic nitrogens is 1. The molecule has 3 heteroatoms. The van der Waals surface area contributed by atoms with E-state index in [1.165, 1.54) is 16.8 Å². The number of hydrogen-bond donors (Lipinski definition) is 0. The quantitative estimate of drug-likeness (QED) is 0.140. The van der Waals surface area contributed by atoms with E-state index in [-0.39, 0.29) is 5.82 Å². The van der Waals surface area contributed by atoms with Gasteiger partial charge in [-0.05, 0) is 122 Å². The van der Waals surface area contributed by atoms with Gasteiger partial charge in [-0.25, -0.2) is 4.39 Å². The molecule has 1 heterocycles. The number of fused-ring (bicyclic) bond motifs is 4. The molecule has 0 saturated heterocycles. The SMILES string of the molecule is Fc1cccc(-c2cccc3cccc(-c4ccccc4N(c4cc(-c5ccccc5)cc(-c5ccccc5)c4)c4ccccc4-c4cccc5c4c4ccccc4n5-c4ccccc4)c23)c1.